The van der Waals surface area contributed by atoms with Crippen molar-refractivity contribution in [1.82, 2.24) is 5.32 Å². The number of hydrogen-bond acceptors (Lipinski definition) is 2. The second kappa shape index (κ2) is 8.22. The molecule has 1 rings (SSSR count). The fourth-order valence-corrected chi connectivity index (χ4v) is 2.14. The molecule has 0 aliphatic heterocycles. The number of rotatable bonds is 8. The molecule has 0 aliphatic rings. The van der Waals surface area contributed by atoms with Crippen LogP contribution in [0.5, 0.6) is 0 Å². The molecular weight excluding hydrogens is 281 g/mol. The Labute approximate surface area is 124 Å². The molecule has 0 aromatic heterocycles. The van der Waals surface area contributed by atoms with Crippen molar-refractivity contribution in [2.45, 2.75) is 45.7 Å². The summed E-state index contributed by atoms with van der Waals surface area (Å²) in [7, 11) is 0. The van der Waals surface area contributed by atoms with Crippen molar-refractivity contribution in [3.8, 4) is 0 Å². The molecule has 0 aliphatic carbocycles. The molecule has 1 aromatic carbocycles. The van der Waals surface area contributed by atoms with E-state index >= 15 is 0 Å². The molecule has 0 amide bonds. The third-order valence-corrected chi connectivity index (χ3v) is 3.70. The summed E-state index contributed by atoms with van der Waals surface area (Å²) in [6.45, 7) is 4.34. The van der Waals surface area contributed by atoms with E-state index in [1.165, 1.54) is 12.1 Å². The Morgan fingerprint density at radius 1 is 1.40 bits per heavy atom. The predicted octanol–water partition coefficient (Wildman–Crippen LogP) is 3.85. The van der Waals surface area contributed by atoms with Crippen molar-refractivity contribution in [1.29, 1.82) is 0 Å². The van der Waals surface area contributed by atoms with Gasteiger partial charge in [-0.1, -0.05) is 31.0 Å². The highest BCUT2D eigenvalue weighted by molar-refractivity contribution is 6.31. The van der Waals surface area contributed by atoms with Gasteiger partial charge in [-0.2, -0.15) is 0 Å². The average Bonchev–Trinajstić information content (AvgIpc) is 2.37. The van der Waals surface area contributed by atoms with Gasteiger partial charge >= 0.3 is 5.97 Å². The maximum atomic E-state index is 12.9. The van der Waals surface area contributed by atoms with Crippen LogP contribution in [0, 0.1) is 11.7 Å². The number of benzene rings is 1. The standard InChI is InChI=1S/C15H21ClFNO2/c1-10(15(19)20)4-3-5-11(2)18-9-12-6-7-13(17)8-14(12)16/h6-8,10-11,18H,3-5,9H2,1-2H3,(H,19,20). The number of hydrogen-bond donors (Lipinski definition) is 2. The molecule has 2 atom stereocenters. The highest BCUT2D eigenvalue weighted by Crippen LogP contribution is 2.17. The Morgan fingerprint density at radius 3 is 2.70 bits per heavy atom. The zero-order valence-electron chi connectivity index (χ0n) is 11.8. The lowest BCUT2D eigenvalue weighted by atomic mass is 10.0. The van der Waals surface area contributed by atoms with Crippen molar-refractivity contribution in [3.63, 3.8) is 0 Å². The van der Waals surface area contributed by atoms with E-state index in [0.29, 0.717) is 18.0 Å². The van der Waals surface area contributed by atoms with Gasteiger partial charge in [0.15, 0.2) is 0 Å². The maximum absolute atomic E-state index is 12.9. The lowest BCUT2D eigenvalue weighted by molar-refractivity contribution is -0.141. The first-order chi connectivity index (χ1) is 9.40. The van der Waals surface area contributed by atoms with Crippen LogP contribution in [0.1, 0.15) is 38.7 Å². The number of aliphatic carboxylic acids is 1. The average molecular weight is 302 g/mol. The molecular formula is C15H21ClFNO2. The molecule has 2 N–H and O–H groups in total. The van der Waals surface area contributed by atoms with E-state index in [1.807, 2.05) is 6.92 Å². The Kier molecular flexibility index (Phi) is 6.96. The molecule has 0 spiro atoms. The SMILES string of the molecule is CC(CCCC(C)C(=O)O)NCc1ccc(F)cc1Cl. The second-order valence-electron chi connectivity index (χ2n) is 5.19. The van der Waals surface area contributed by atoms with Gasteiger partial charge in [-0.05, 0) is 37.5 Å². The normalized spacial score (nSPS) is 14.0. The van der Waals surface area contributed by atoms with Gasteiger partial charge in [-0.15, -0.1) is 0 Å². The van der Waals surface area contributed by atoms with Gasteiger partial charge in [0, 0.05) is 17.6 Å². The summed E-state index contributed by atoms with van der Waals surface area (Å²) in [6.07, 6.45) is 2.44. The van der Waals surface area contributed by atoms with E-state index in [-0.39, 0.29) is 17.8 Å². The fraction of sp³-hybridized carbons (Fsp3) is 0.533. The molecule has 0 bridgehead atoms. The summed E-state index contributed by atoms with van der Waals surface area (Å²) in [5, 5.41) is 12.5. The summed E-state index contributed by atoms with van der Waals surface area (Å²) >= 11 is 5.95. The number of carboxylic acid groups (broad SMARTS) is 1. The van der Waals surface area contributed by atoms with Crippen LogP contribution in [-0.2, 0) is 11.3 Å². The van der Waals surface area contributed by atoms with Gasteiger partial charge in [-0.3, -0.25) is 4.79 Å². The molecule has 0 radical (unpaired) electrons. The van der Waals surface area contributed by atoms with Crippen LogP contribution in [0.3, 0.4) is 0 Å². The Morgan fingerprint density at radius 2 is 2.10 bits per heavy atom. The van der Waals surface area contributed by atoms with E-state index in [9.17, 15) is 9.18 Å². The van der Waals surface area contributed by atoms with Gasteiger partial charge in [0.1, 0.15) is 5.82 Å². The Balaban J connectivity index is 2.29. The number of nitrogens with one attached hydrogen (secondary N) is 1. The molecule has 0 heterocycles. The number of halogens is 2. The number of carboxylic acids is 1. The molecule has 20 heavy (non-hydrogen) atoms. The smallest absolute Gasteiger partial charge is 0.306 e. The minimum Gasteiger partial charge on any atom is -0.481 e. The topological polar surface area (TPSA) is 49.3 Å². The summed E-state index contributed by atoms with van der Waals surface area (Å²) in [6, 6.07) is 4.63. The quantitative estimate of drug-likeness (QED) is 0.767. The molecule has 0 saturated carbocycles. The maximum Gasteiger partial charge on any atom is 0.306 e. The molecule has 1 aromatic rings. The van der Waals surface area contributed by atoms with Gasteiger partial charge in [0.2, 0.25) is 0 Å². The summed E-state index contributed by atoms with van der Waals surface area (Å²) in [5.74, 6) is -1.38. The summed E-state index contributed by atoms with van der Waals surface area (Å²) < 4.78 is 12.9. The highest BCUT2D eigenvalue weighted by Gasteiger charge is 2.11. The Bertz CT molecular complexity index is 453. The minimum absolute atomic E-state index is 0.261. The third kappa shape index (κ3) is 5.88. The van der Waals surface area contributed by atoms with Gasteiger partial charge in [0.25, 0.3) is 0 Å². The lowest BCUT2D eigenvalue weighted by Gasteiger charge is -2.15. The van der Waals surface area contributed by atoms with Crippen molar-refractivity contribution in [2.75, 3.05) is 0 Å². The van der Waals surface area contributed by atoms with Crippen molar-refractivity contribution in [2.24, 2.45) is 5.92 Å². The molecule has 2 unspecified atom stereocenters. The van der Waals surface area contributed by atoms with Gasteiger partial charge in [-0.25, -0.2) is 4.39 Å². The summed E-state index contributed by atoms with van der Waals surface area (Å²) in [5.41, 5.74) is 0.860. The van der Waals surface area contributed by atoms with Crippen LogP contribution < -0.4 is 5.32 Å². The molecule has 0 fully saturated rings. The highest BCUT2D eigenvalue weighted by atomic mass is 35.5. The summed E-state index contributed by atoms with van der Waals surface area (Å²) in [4.78, 5) is 10.7. The second-order valence-corrected chi connectivity index (χ2v) is 5.60. The van der Waals surface area contributed by atoms with E-state index < -0.39 is 5.97 Å². The molecule has 5 heteroatoms. The minimum atomic E-state index is -0.747. The van der Waals surface area contributed by atoms with E-state index in [0.717, 1.165) is 18.4 Å². The van der Waals surface area contributed by atoms with Crippen LogP contribution in [0.2, 0.25) is 5.02 Å². The van der Waals surface area contributed by atoms with E-state index in [2.05, 4.69) is 5.32 Å². The van der Waals surface area contributed by atoms with Crippen LogP contribution in [-0.4, -0.2) is 17.1 Å². The Hall–Kier alpha value is -1.13. The zero-order valence-corrected chi connectivity index (χ0v) is 12.6. The van der Waals surface area contributed by atoms with Crippen LogP contribution >= 0.6 is 11.6 Å². The van der Waals surface area contributed by atoms with Crippen molar-refractivity contribution in [3.05, 3.63) is 34.6 Å². The molecule has 0 saturated heterocycles. The van der Waals surface area contributed by atoms with Crippen LogP contribution in [0.25, 0.3) is 0 Å². The first-order valence-corrected chi connectivity index (χ1v) is 7.18. The first kappa shape index (κ1) is 16.9. The van der Waals surface area contributed by atoms with Crippen molar-refractivity contribution < 1.29 is 14.3 Å². The molecule has 3 nitrogen and oxygen atoms in total. The van der Waals surface area contributed by atoms with Crippen molar-refractivity contribution >= 4 is 17.6 Å². The fourth-order valence-electron chi connectivity index (χ4n) is 1.90. The monoisotopic (exact) mass is 301 g/mol. The van der Waals surface area contributed by atoms with E-state index in [4.69, 9.17) is 16.7 Å². The first-order valence-electron chi connectivity index (χ1n) is 6.80. The van der Waals surface area contributed by atoms with Gasteiger partial charge < -0.3 is 10.4 Å². The zero-order chi connectivity index (χ0) is 15.1. The molecule has 112 valence electrons. The van der Waals surface area contributed by atoms with E-state index in [1.54, 1.807) is 13.0 Å². The van der Waals surface area contributed by atoms with Crippen LogP contribution in [0.4, 0.5) is 4.39 Å². The van der Waals surface area contributed by atoms with Crippen LogP contribution in [0.15, 0.2) is 18.2 Å². The largest absolute Gasteiger partial charge is 0.481 e. The third-order valence-electron chi connectivity index (χ3n) is 3.35. The lowest BCUT2D eigenvalue weighted by Crippen LogP contribution is -2.25. The van der Waals surface area contributed by atoms with Gasteiger partial charge in [0.05, 0.1) is 5.92 Å². The number of carbonyl (C=O) groups is 1. The predicted molar refractivity (Wildman–Crippen MR) is 78.4 cm³/mol.